The van der Waals surface area contributed by atoms with Crippen molar-refractivity contribution in [3.63, 3.8) is 0 Å². The minimum Gasteiger partial charge on any atom is -0.342 e. The Morgan fingerprint density at radius 2 is 2.00 bits per heavy atom. The van der Waals surface area contributed by atoms with E-state index >= 15 is 0 Å². The highest BCUT2D eigenvalue weighted by Crippen LogP contribution is 2.24. The molecule has 0 N–H and O–H groups in total. The molecule has 4 heteroatoms. The summed E-state index contributed by atoms with van der Waals surface area (Å²) in [5.41, 5.74) is 0.811. The van der Waals surface area contributed by atoms with Gasteiger partial charge < -0.3 is 9.47 Å². The van der Waals surface area contributed by atoms with Gasteiger partial charge in [0, 0.05) is 30.3 Å². The maximum Gasteiger partial charge on any atom is 0.270 e. The number of amides is 1. The molecule has 1 heterocycles. The van der Waals surface area contributed by atoms with Crippen molar-refractivity contribution in [3.8, 4) is 0 Å². The predicted octanol–water partition coefficient (Wildman–Crippen LogP) is 4.46. The zero-order valence-corrected chi connectivity index (χ0v) is 14.2. The van der Waals surface area contributed by atoms with Crippen molar-refractivity contribution in [2.24, 2.45) is 0 Å². The molecule has 3 nitrogen and oxygen atoms in total. The molecule has 0 radical (unpaired) electrons. The lowest BCUT2D eigenvalue weighted by molar-refractivity contribution is 0.0706. The second-order valence-electron chi connectivity index (χ2n) is 5.80. The van der Waals surface area contributed by atoms with Crippen LogP contribution in [0.3, 0.4) is 0 Å². The van der Waals surface area contributed by atoms with Gasteiger partial charge in [-0.1, -0.05) is 32.6 Å². The Morgan fingerprint density at radius 1 is 1.35 bits per heavy atom. The third-order valence-electron chi connectivity index (χ3n) is 4.24. The summed E-state index contributed by atoms with van der Waals surface area (Å²) in [4.78, 5) is 14.7. The molecule has 112 valence electrons. The van der Waals surface area contributed by atoms with Gasteiger partial charge in [-0.15, -0.1) is 0 Å². The molecule has 2 rings (SSSR count). The third kappa shape index (κ3) is 3.66. The fourth-order valence-corrected chi connectivity index (χ4v) is 3.54. The van der Waals surface area contributed by atoms with Gasteiger partial charge in [-0.25, -0.2) is 0 Å². The molecule has 1 aliphatic carbocycles. The first-order valence-corrected chi connectivity index (χ1v) is 8.55. The number of nitrogens with zero attached hydrogens (tertiary/aromatic N) is 2. The first kappa shape index (κ1) is 15.6. The number of aryl methyl sites for hydroxylation is 1. The molecule has 0 unspecified atom stereocenters. The van der Waals surface area contributed by atoms with Crippen molar-refractivity contribution in [1.29, 1.82) is 0 Å². The molecular formula is C16H25BrN2O. The van der Waals surface area contributed by atoms with Crippen LogP contribution in [-0.2, 0) is 6.54 Å². The van der Waals surface area contributed by atoms with E-state index in [1.807, 2.05) is 24.2 Å². The molecule has 1 amide bonds. The number of aromatic nitrogens is 1. The van der Waals surface area contributed by atoms with Gasteiger partial charge in [0.25, 0.3) is 5.91 Å². The Balaban J connectivity index is 2.12. The first-order chi connectivity index (χ1) is 9.63. The Morgan fingerprint density at radius 3 is 2.60 bits per heavy atom. The molecule has 1 fully saturated rings. The highest BCUT2D eigenvalue weighted by molar-refractivity contribution is 9.10. The van der Waals surface area contributed by atoms with Gasteiger partial charge in [-0.05, 0) is 41.3 Å². The molecule has 0 atom stereocenters. The van der Waals surface area contributed by atoms with Crippen LogP contribution >= 0.6 is 15.9 Å². The maximum absolute atomic E-state index is 12.7. The predicted molar refractivity (Wildman–Crippen MR) is 86.0 cm³/mol. The van der Waals surface area contributed by atoms with Crippen LogP contribution in [0.5, 0.6) is 0 Å². The summed E-state index contributed by atoms with van der Waals surface area (Å²) < 4.78 is 3.06. The maximum atomic E-state index is 12.7. The number of rotatable bonds is 4. The molecule has 0 aliphatic heterocycles. The van der Waals surface area contributed by atoms with E-state index in [0.29, 0.717) is 6.04 Å². The molecule has 20 heavy (non-hydrogen) atoms. The van der Waals surface area contributed by atoms with Crippen LogP contribution in [0, 0.1) is 0 Å². The summed E-state index contributed by atoms with van der Waals surface area (Å²) in [6.45, 7) is 3.03. The summed E-state index contributed by atoms with van der Waals surface area (Å²) in [7, 11) is 1.97. The van der Waals surface area contributed by atoms with E-state index in [2.05, 4.69) is 27.4 Å². The van der Waals surface area contributed by atoms with E-state index in [-0.39, 0.29) is 5.91 Å². The fourth-order valence-electron chi connectivity index (χ4n) is 3.07. The lowest BCUT2D eigenvalue weighted by Gasteiger charge is -2.27. The van der Waals surface area contributed by atoms with E-state index in [1.165, 1.54) is 25.7 Å². The number of hydrogen-bond donors (Lipinski definition) is 0. The normalized spacial score (nSPS) is 16.9. The molecule has 1 saturated carbocycles. The Bertz CT molecular complexity index is 447. The van der Waals surface area contributed by atoms with Crippen LogP contribution in [0.1, 0.15) is 62.4 Å². The van der Waals surface area contributed by atoms with Gasteiger partial charge in [0.15, 0.2) is 0 Å². The minimum atomic E-state index is 0.163. The SMILES string of the molecule is CCCn1cc(Br)cc1C(=O)N(C)C1CCCCCC1. The fraction of sp³-hybridized carbons (Fsp3) is 0.688. The van der Waals surface area contributed by atoms with Crippen molar-refractivity contribution in [2.75, 3.05) is 7.05 Å². The van der Waals surface area contributed by atoms with Crippen LogP contribution in [0.25, 0.3) is 0 Å². The molecule has 0 bridgehead atoms. The second kappa shape index (κ2) is 7.30. The molecule has 0 spiro atoms. The highest BCUT2D eigenvalue weighted by Gasteiger charge is 2.24. The van der Waals surface area contributed by atoms with Gasteiger partial charge in [0.1, 0.15) is 5.69 Å². The smallest absolute Gasteiger partial charge is 0.270 e. The standard InChI is InChI=1S/C16H25BrN2O/c1-3-10-19-12-13(17)11-15(19)16(20)18(2)14-8-6-4-5-7-9-14/h11-12,14H,3-10H2,1-2H3. The van der Waals surface area contributed by atoms with Crippen LogP contribution < -0.4 is 0 Å². The van der Waals surface area contributed by atoms with Crippen LogP contribution in [0.15, 0.2) is 16.7 Å². The Labute approximate surface area is 130 Å². The lowest BCUT2D eigenvalue weighted by Crippen LogP contribution is -2.37. The van der Waals surface area contributed by atoms with Gasteiger partial charge >= 0.3 is 0 Å². The van der Waals surface area contributed by atoms with Crippen molar-refractivity contribution in [3.05, 3.63) is 22.4 Å². The van der Waals surface area contributed by atoms with Crippen LogP contribution in [-0.4, -0.2) is 28.5 Å². The zero-order chi connectivity index (χ0) is 14.5. The summed E-state index contributed by atoms with van der Waals surface area (Å²) in [5.74, 6) is 0.163. The summed E-state index contributed by atoms with van der Waals surface area (Å²) in [5, 5.41) is 0. The van der Waals surface area contributed by atoms with Gasteiger partial charge in [-0.2, -0.15) is 0 Å². The van der Waals surface area contributed by atoms with E-state index in [1.54, 1.807) is 0 Å². The highest BCUT2D eigenvalue weighted by atomic mass is 79.9. The zero-order valence-electron chi connectivity index (χ0n) is 12.6. The average Bonchev–Trinajstić information content (AvgIpc) is 2.66. The Kier molecular flexibility index (Phi) is 5.70. The van der Waals surface area contributed by atoms with Crippen LogP contribution in [0.4, 0.5) is 0 Å². The lowest BCUT2D eigenvalue weighted by atomic mass is 10.1. The van der Waals surface area contributed by atoms with E-state index in [9.17, 15) is 4.79 Å². The average molecular weight is 341 g/mol. The molecule has 1 aromatic heterocycles. The van der Waals surface area contributed by atoms with Crippen molar-refractivity contribution in [1.82, 2.24) is 9.47 Å². The minimum absolute atomic E-state index is 0.163. The molecule has 0 saturated heterocycles. The molecule has 0 aromatic carbocycles. The van der Waals surface area contributed by atoms with E-state index in [0.717, 1.165) is 36.0 Å². The van der Waals surface area contributed by atoms with E-state index in [4.69, 9.17) is 0 Å². The molecule has 1 aliphatic rings. The summed E-state index contributed by atoms with van der Waals surface area (Å²) in [6.07, 6.45) is 10.5. The second-order valence-corrected chi connectivity index (χ2v) is 6.71. The summed E-state index contributed by atoms with van der Waals surface area (Å²) in [6, 6.07) is 2.36. The van der Waals surface area contributed by atoms with Crippen molar-refractivity contribution < 1.29 is 4.79 Å². The van der Waals surface area contributed by atoms with Gasteiger partial charge in [-0.3, -0.25) is 4.79 Å². The first-order valence-electron chi connectivity index (χ1n) is 7.76. The van der Waals surface area contributed by atoms with Gasteiger partial charge in [0.05, 0.1) is 0 Å². The van der Waals surface area contributed by atoms with Crippen LogP contribution in [0.2, 0.25) is 0 Å². The quantitative estimate of drug-likeness (QED) is 0.743. The molecule has 1 aromatic rings. The van der Waals surface area contributed by atoms with Crippen molar-refractivity contribution in [2.45, 2.75) is 64.5 Å². The topological polar surface area (TPSA) is 25.2 Å². The summed E-state index contributed by atoms with van der Waals surface area (Å²) >= 11 is 3.49. The number of halogens is 1. The molecular weight excluding hydrogens is 316 g/mol. The number of carbonyl (C=O) groups excluding carboxylic acids is 1. The van der Waals surface area contributed by atoms with Crippen molar-refractivity contribution >= 4 is 21.8 Å². The third-order valence-corrected chi connectivity index (χ3v) is 4.67. The Hall–Kier alpha value is -0.770. The largest absolute Gasteiger partial charge is 0.342 e. The number of carbonyl (C=O) groups is 1. The van der Waals surface area contributed by atoms with E-state index < -0.39 is 0 Å². The number of hydrogen-bond acceptors (Lipinski definition) is 1. The monoisotopic (exact) mass is 340 g/mol. The van der Waals surface area contributed by atoms with Gasteiger partial charge in [0.2, 0.25) is 0 Å².